The second-order valence-corrected chi connectivity index (χ2v) is 6.41. The maximum absolute atomic E-state index is 12.0. The summed E-state index contributed by atoms with van der Waals surface area (Å²) in [5.41, 5.74) is -0.0868. The van der Waals surface area contributed by atoms with Gasteiger partial charge < -0.3 is 10.6 Å². The largest absolute Gasteiger partial charge is 0.350 e. The summed E-state index contributed by atoms with van der Waals surface area (Å²) >= 11 is 0. The first-order valence-corrected chi connectivity index (χ1v) is 7.48. The molecule has 0 aromatic rings. The Morgan fingerprint density at radius 1 is 1.26 bits per heavy atom. The zero-order chi connectivity index (χ0) is 13.9. The molecule has 2 aliphatic heterocycles. The smallest absolute Gasteiger partial charge is 0.234 e. The molecule has 0 aromatic heterocycles. The first-order chi connectivity index (χ1) is 9.00. The standard InChI is InChI=1S/C14H28N4O/c1-4-14(2,3)16-13(19)11-17-5-7-18(8-6-17)12-9-15-10-12/h12,15H,4-11H2,1-3H3,(H,16,19). The predicted octanol–water partition coefficient (Wildman–Crippen LogP) is -0.119. The number of nitrogens with one attached hydrogen (secondary N) is 2. The molecule has 1 amide bonds. The monoisotopic (exact) mass is 268 g/mol. The lowest BCUT2D eigenvalue weighted by molar-refractivity contribution is -0.124. The minimum Gasteiger partial charge on any atom is -0.350 e. The molecule has 0 radical (unpaired) electrons. The number of piperazine rings is 1. The number of carbonyl (C=O) groups is 1. The number of amides is 1. The molecule has 0 saturated carbocycles. The minimum absolute atomic E-state index is 0.0868. The van der Waals surface area contributed by atoms with E-state index in [1.165, 1.54) is 0 Å². The third kappa shape index (κ3) is 4.16. The molecule has 0 aliphatic carbocycles. The zero-order valence-corrected chi connectivity index (χ0v) is 12.5. The van der Waals surface area contributed by atoms with E-state index < -0.39 is 0 Å². The highest BCUT2D eigenvalue weighted by Crippen LogP contribution is 2.10. The van der Waals surface area contributed by atoms with E-state index in [0.717, 1.165) is 51.7 Å². The molecule has 2 heterocycles. The van der Waals surface area contributed by atoms with E-state index >= 15 is 0 Å². The predicted molar refractivity (Wildman–Crippen MR) is 77.2 cm³/mol. The number of rotatable bonds is 5. The summed E-state index contributed by atoms with van der Waals surface area (Å²) in [6, 6.07) is 0.731. The minimum atomic E-state index is -0.0868. The highest BCUT2D eigenvalue weighted by molar-refractivity contribution is 5.78. The van der Waals surface area contributed by atoms with Gasteiger partial charge in [0, 0.05) is 50.8 Å². The van der Waals surface area contributed by atoms with Crippen molar-refractivity contribution in [3.8, 4) is 0 Å². The summed E-state index contributed by atoms with van der Waals surface area (Å²) in [5.74, 6) is 0.158. The van der Waals surface area contributed by atoms with Crippen molar-refractivity contribution in [1.82, 2.24) is 20.4 Å². The summed E-state index contributed by atoms with van der Waals surface area (Å²) in [7, 11) is 0. The molecule has 2 rings (SSSR count). The molecular weight excluding hydrogens is 240 g/mol. The van der Waals surface area contributed by atoms with Crippen molar-refractivity contribution in [2.45, 2.75) is 38.8 Å². The van der Waals surface area contributed by atoms with Crippen LogP contribution in [0.15, 0.2) is 0 Å². The summed E-state index contributed by atoms with van der Waals surface area (Å²) in [6.07, 6.45) is 0.960. The molecule has 0 bridgehead atoms. The lowest BCUT2D eigenvalue weighted by atomic mass is 10.0. The zero-order valence-electron chi connectivity index (χ0n) is 12.5. The van der Waals surface area contributed by atoms with Crippen molar-refractivity contribution < 1.29 is 4.79 Å². The average molecular weight is 268 g/mol. The van der Waals surface area contributed by atoms with Gasteiger partial charge >= 0.3 is 0 Å². The van der Waals surface area contributed by atoms with Gasteiger partial charge in [-0.25, -0.2) is 0 Å². The van der Waals surface area contributed by atoms with E-state index in [2.05, 4.69) is 41.2 Å². The molecule has 0 spiro atoms. The maximum Gasteiger partial charge on any atom is 0.234 e. The third-order valence-corrected chi connectivity index (χ3v) is 4.41. The summed E-state index contributed by atoms with van der Waals surface area (Å²) in [5, 5.41) is 6.42. The molecule has 2 fully saturated rings. The van der Waals surface area contributed by atoms with Gasteiger partial charge in [-0.1, -0.05) is 6.92 Å². The average Bonchev–Trinajstić information content (AvgIpc) is 2.28. The van der Waals surface area contributed by atoms with E-state index in [-0.39, 0.29) is 11.4 Å². The number of carbonyl (C=O) groups excluding carboxylic acids is 1. The van der Waals surface area contributed by atoms with Crippen LogP contribution in [0.4, 0.5) is 0 Å². The van der Waals surface area contributed by atoms with Crippen LogP contribution in [-0.4, -0.2) is 73.1 Å². The Morgan fingerprint density at radius 3 is 2.37 bits per heavy atom. The van der Waals surface area contributed by atoms with E-state index in [0.29, 0.717) is 6.54 Å². The molecule has 0 atom stereocenters. The van der Waals surface area contributed by atoms with Gasteiger partial charge in [0.15, 0.2) is 0 Å². The van der Waals surface area contributed by atoms with Crippen LogP contribution in [0.3, 0.4) is 0 Å². The van der Waals surface area contributed by atoms with E-state index in [1.54, 1.807) is 0 Å². The van der Waals surface area contributed by atoms with Crippen LogP contribution >= 0.6 is 0 Å². The second-order valence-electron chi connectivity index (χ2n) is 6.41. The molecular formula is C14H28N4O. The fourth-order valence-corrected chi connectivity index (χ4v) is 2.53. The molecule has 2 N–H and O–H groups in total. The SMILES string of the molecule is CCC(C)(C)NC(=O)CN1CCN(C2CNC2)CC1. The second kappa shape index (κ2) is 6.20. The first kappa shape index (κ1) is 14.8. The molecule has 0 aromatic carbocycles. The molecule has 5 nitrogen and oxygen atoms in total. The highest BCUT2D eigenvalue weighted by atomic mass is 16.2. The Bertz CT molecular complexity index is 307. The van der Waals surface area contributed by atoms with Crippen LogP contribution in [0.25, 0.3) is 0 Å². The number of nitrogens with zero attached hydrogens (tertiary/aromatic N) is 2. The molecule has 0 unspecified atom stereocenters. The van der Waals surface area contributed by atoms with Crippen LogP contribution in [0, 0.1) is 0 Å². The maximum atomic E-state index is 12.0. The van der Waals surface area contributed by atoms with Crippen LogP contribution in [-0.2, 0) is 4.79 Å². The fourth-order valence-electron chi connectivity index (χ4n) is 2.53. The number of hydrogen-bond acceptors (Lipinski definition) is 4. The summed E-state index contributed by atoms with van der Waals surface area (Å²) in [6.45, 7) is 13.3. The lowest BCUT2D eigenvalue weighted by Gasteiger charge is -2.43. The van der Waals surface area contributed by atoms with Gasteiger partial charge in [0.05, 0.1) is 6.54 Å². The third-order valence-electron chi connectivity index (χ3n) is 4.41. The topological polar surface area (TPSA) is 47.6 Å². The lowest BCUT2D eigenvalue weighted by Crippen LogP contribution is -2.62. The van der Waals surface area contributed by atoms with Gasteiger partial charge in [-0.15, -0.1) is 0 Å². The van der Waals surface area contributed by atoms with Crippen molar-refractivity contribution in [3.63, 3.8) is 0 Å². The van der Waals surface area contributed by atoms with Gasteiger partial charge in [-0.05, 0) is 20.3 Å². The quantitative estimate of drug-likeness (QED) is 0.730. The Balaban J connectivity index is 1.68. The Kier molecular flexibility index (Phi) is 4.81. The van der Waals surface area contributed by atoms with Crippen molar-refractivity contribution in [2.24, 2.45) is 0 Å². The molecule has 19 heavy (non-hydrogen) atoms. The van der Waals surface area contributed by atoms with Crippen LogP contribution < -0.4 is 10.6 Å². The fraction of sp³-hybridized carbons (Fsp3) is 0.929. The van der Waals surface area contributed by atoms with Crippen molar-refractivity contribution >= 4 is 5.91 Å². The van der Waals surface area contributed by atoms with Gasteiger partial charge in [0.25, 0.3) is 0 Å². The molecule has 110 valence electrons. The van der Waals surface area contributed by atoms with E-state index in [4.69, 9.17) is 0 Å². The van der Waals surface area contributed by atoms with E-state index in [9.17, 15) is 4.79 Å². The Labute approximate surface area is 116 Å². The Morgan fingerprint density at radius 2 is 1.89 bits per heavy atom. The van der Waals surface area contributed by atoms with E-state index in [1.807, 2.05) is 0 Å². The van der Waals surface area contributed by atoms with Crippen molar-refractivity contribution in [3.05, 3.63) is 0 Å². The number of hydrogen-bond donors (Lipinski definition) is 2. The van der Waals surface area contributed by atoms with Gasteiger partial charge in [0.2, 0.25) is 5.91 Å². The highest BCUT2D eigenvalue weighted by Gasteiger charge is 2.28. The van der Waals surface area contributed by atoms with Crippen molar-refractivity contribution in [1.29, 1.82) is 0 Å². The molecule has 2 saturated heterocycles. The molecule has 2 aliphatic rings. The van der Waals surface area contributed by atoms with Gasteiger partial charge in [-0.2, -0.15) is 0 Å². The van der Waals surface area contributed by atoms with Crippen molar-refractivity contribution in [2.75, 3.05) is 45.8 Å². The normalized spacial score (nSPS) is 23.1. The summed E-state index contributed by atoms with van der Waals surface area (Å²) in [4.78, 5) is 16.8. The Hall–Kier alpha value is -0.650. The van der Waals surface area contributed by atoms with Gasteiger partial charge in [-0.3, -0.25) is 14.6 Å². The van der Waals surface area contributed by atoms with Crippen LogP contribution in [0.2, 0.25) is 0 Å². The summed E-state index contributed by atoms with van der Waals surface area (Å²) < 4.78 is 0. The molecule has 5 heteroatoms. The first-order valence-electron chi connectivity index (χ1n) is 7.48. The van der Waals surface area contributed by atoms with Crippen LogP contribution in [0.1, 0.15) is 27.2 Å². The van der Waals surface area contributed by atoms with Crippen LogP contribution in [0.5, 0.6) is 0 Å². The van der Waals surface area contributed by atoms with Gasteiger partial charge in [0.1, 0.15) is 0 Å².